The molecule has 2 aromatic rings. The second-order valence-corrected chi connectivity index (χ2v) is 5.58. The van der Waals surface area contributed by atoms with E-state index in [9.17, 15) is 0 Å². The molecule has 1 aromatic heterocycles. The summed E-state index contributed by atoms with van der Waals surface area (Å²) < 4.78 is 5.27. The number of rotatable bonds is 5. The number of hydrogen-bond donors (Lipinski definition) is 1. The zero-order valence-corrected chi connectivity index (χ0v) is 12.6. The third-order valence-corrected chi connectivity index (χ3v) is 4.38. The minimum Gasteiger partial charge on any atom is -0.497 e. The number of benzene rings is 1. The van der Waals surface area contributed by atoms with Gasteiger partial charge in [0.15, 0.2) is 0 Å². The molecule has 0 fully saturated rings. The Hall–Kier alpha value is -1.39. The van der Waals surface area contributed by atoms with Crippen molar-refractivity contribution in [2.75, 3.05) is 7.11 Å². The number of thiazole rings is 1. The van der Waals surface area contributed by atoms with Crippen molar-refractivity contribution in [1.82, 2.24) is 10.3 Å². The number of aryl methyl sites for hydroxylation is 1. The van der Waals surface area contributed by atoms with E-state index < -0.39 is 0 Å². The molecule has 0 aliphatic carbocycles. The predicted molar refractivity (Wildman–Crippen MR) is 79.8 cm³/mol. The summed E-state index contributed by atoms with van der Waals surface area (Å²) in [5.74, 6) is 0.896. The SMILES string of the molecule is COc1cccc([C@@H](C)NC(C)c2scnc2C)c1. The van der Waals surface area contributed by atoms with Crippen LogP contribution in [0, 0.1) is 6.92 Å². The van der Waals surface area contributed by atoms with Crippen LogP contribution >= 0.6 is 11.3 Å². The van der Waals surface area contributed by atoms with Crippen LogP contribution < -0.4 is 10.1 Å². The maximum absolute atomic E-state index is 5.27. The molecule has 2 atom stereocenters. The van der Waals surface area contributed by atoms with Gasteiger partial charge >= 0.3 is 0 Å². The van der Waals surface area contributed by atoms with Gasteiger partial charge in [0, 0.05) is 17.0 Å². The number of ether oxygens (including phenoxy) is 1. The van der Waals surface area contributed by atoms with Gasteiger partial charge < -0.3 is 10.1 Å². The highest BCUT2D eigenvalue weighted by molar-refractivity contribution is 7.09. The molecule has 1 aromatic carbocycles. The second-order valence-electron chi connectivity index (χ2n) is 4.69. The summed E-state index contributed by atoms with van der Waals surface area (Å²) in [6.45, 7) is 6.40. The van der Waals surface area contributed by atoms with Crippen LogP contribution in [0.25, 0.3) is 0 Å². The van der Waals surface area contributed by atoms with Gasteiger partial charge in [-0.05, 0) is 38.5 Å². The van der Waals surface area contributed by atoms with Crippen molar-refractivity contribution in [3.05, 3.63) is 45.9 Å². The zero-order valence-electron chi connectivity index (χ0n) is 11.8. The summed E-state index contributed by atoms with van der Waals surface area (Å²) in [6, 6.07) is 8.75. The molecular weight excluding hydrogens is 256 g/mol. The molecule has 0 radical (unpaired) electrons. The first-order valence-electron chi connectivity index (χ1n) is 6.41. The molecule has 0 bridgehead atoms. The molecule has 1 heterocycles. The molecule has 4 heteroatoms. The van der Waals surface area contributed by atoms with E-state index >= 15 is 0 Å². The van der Waals surface area contributed by atoms with Crippen molar-refractivity contribution < 1.29 is 4.74 Å². The lowest BCUT2D eigenvalue weighted by Crippen LogP contribution is -2.22. The van der Waals surface area contributed by atoms with Crippen molar-refractivity contribution in [3.63, 3.8) is 0 Å². The molecule has 0 aliphatic rings. The number of nitrogens with zero attached hydrogens (tertiary/aromatic N) is 1. The van der Waals surface area contributed by atoms with Crippen LogP contribution in [0.3, 0.4) is 0 Å². The molecule has 1 N–H and O–H groups in total. The van der Waals surface area contributed by atoms with Gasteiger partial charge in [0.1, 0.15) is 5.75 Å². The third-order valence-electron chi connectivity index (χ3n) is 3.27. The molecule has 0 amide bonds. The Kier molecular flexibility index (Phi) is 4.56. The topological polar surface area (TPSA) is 34.1 Å². The van der Waals surface area contributed by atoms with Crippen LogP contribution in [0.1, 0.15) is 42.1 Å². The Bertz CT molecular complexity index is 538. The van der Waals surface area contributed by atoms with Gasteiger partial charge in [0.25, 0.3) is 0 Å². The highest BCUT2D eigenvalue weighted by atomic mass is 32.1. The summed E-state index contributed by atoms with van der Waals surface area (Å²) in [5, 5.41) is 3.61. The van der Waals surface area contributed by atoms with E-state index in [4.69, 9.17) is 4.74 Å². The van der Waals surface area contributed by atoms with E-state index in [2.05, 4.69) is 43.2 Å². The Morgan fingerprint density at radius 1 is 1.26 bits per heavy atom. The van der Waals surface area contributed by atoms with Crippen LogP contribution in [0.5, 0.6) is 5.75 Å². The minimum atomic E-state index is 0.270. The first-order chi connectivity index (χ1) is 9.11. The Morgan fingerprint density at radius 3 is 2.68 bits per heavy atom. The summed E-state index contributed by atoms with van der Waals surface area (Å²) in [6.07, 6.45) is 0. The molecule has 0 saturated carbocycles. The van der Waals surface area contributed by atoms with Crippen molar-refractivity contribution in [2.24, 2.45) is 0 Å². The van der Waals surface area contributed by atoms with Crippen LogP contribution in [-0.4, -0.2) is 12.1 Å². The van der Waals surface area contributed by atoms with Crippen LogP contribution in [-0.2, 0) is 0 Å². The minimum absolute atomic E-state index is 0.270. The van der Waals surface area contributed by atoms with Crippen molar-refractivity contribution >= 4 is 11.3 Å². The van der Waals surface area contributed by atoms with Gasteiger partial charge in [-0.1, -0.05) is 12.1 Å². The average molecular weight is 276 g/mol. The monoisotopic (exact) mass is 276 g/mol. The van der Waals surface area contributed by atoms with Crippen molar-refractivity contribution in [3.8, 4) is 5.75 Å². The second kappa shape index (κ2) is 6.17. The van der Waals surface area contributed by atoms with Gasteiger partial charge in [-0.3, -0.25) is 0 Å². The number of hydrogen-bond acceptors (Lipinski definition) is 4. The first-order valence-corrected chi connectivity index (χ1v) is 7.29. The van der Waals surface area contributed by atoms with E-state index in [0.717, 1.165) is 11.4 Å². The zero-order chi connectivity index (χ0) is 13.8. The molecule has 2 rings (SSSR count). The largest absolute Gasteiger partial charge is 0.497 e. The smallest absolute Gasteiger partial charge is 0.119 e. The third kappa shape index (κ3) is 3.33. The van der Waals surface area contributed by atoms with E-state index in [1.54, 1.807) is 18.4 Å². The summed E-state index contributed by atoms with van der Waals surface area (Å²) in [5.41, 5.74) is 4.25. The lowest BCUT2D eigenvalue weighted by molar-refractivity contribution is 0.412. The molecule has 0 spiro atoms. The van der Waals surface area contributed by atoms with Gasteiger partial charge in [-0.25, -0.2) is 4.98 Å². The summed E-state index contributed by atoms with van der Waals surface area (Å²) >= 11 is 1.70. The van der Waals surface area contributed by atoms with Crippen LogP contribution in [0.2, 0.25) is 0 Å². The fraction of sp³-hybridized carbons (Fsp3) is 0.400. The number of methoxy groups -OCH3 is 1. The Labute approximate surface area is 118 Å². The van der Waals surface area contributed by atoms with Gasteiger partial charge in [0.05, 0.1) is 18.3 Å². The first kappa shape index (κ1) is 14.0. The molecule has 102 valence electrons. The molecule has 19 heavy (non-hydrogen) atoms. The van der Waals surface area contributed by atoms with Crippen LogP contribution in [0.15, 0.2) is 29.8 Å². The normalized spacial score (nSPS) is 14.1. The molecule has 0 aliphatic heterocycles. The quantitative estimate of drug-likeness (QED) is 0.900. The maximum atomic E-state index is 5.27. The number of aromatic nitrogens is 1. The molecule has 0 saturated heterocycles. The Morgan fingerprint density at radius 2 is 2.05 bits per heavy atom. The van der Waals surface area contributed by atoms with Gasteiger partial charge in [0.2, 0.25) is 0 Å². The van der Waals surface area contributed by atoms with E-state index in [1.807, 2.05) is 17.6 Å². The van der Waals surface area contributed by atoms with Gasteiger partial charge in [-0.2, -0.15) is 0 Å². The lowest BCUT2D eigenvalue weighted by atomic mass is 10.1. The highest BCUT2D eigenvalue weighted by Gasteiger charge is 2.14. The summed E-state index contributed by atoms with van der Waals surface area (Å²) in [7, 11) is 1.69. The van der Waals surface area contributed by atoms with Crippen molar-refractivity contribution in [2.45, 2.75) is 32.9 Å². The molecule has 1 unspecified atom stereocenters. The maximum Gasteiger partial charge on any atom is 0.119 e. The average Bonchev–Trinajstić information content (AvgIpc) is 2.85. The highest BCUT2D eigenvalue weighted by Crippen LogP contribution is 2.25. The van der Waals surface area contributed by atoms with Crippen LogP contribution in [0.4, 0.5) is 0 Å². The lowest BCUT2D eigenvalue weighted by Gasteiger charge is -2.20. The molecular formula is C15H20N2OS. The Balaban J connectivity index is 2.08. The van der Waals surface area contributed by atoms with Crippen molar-refractivity contribution in [1.29, 1.82) is 0 Å². The predicted octanol–water partition coefficient (Wildman–Crippen LogP) is 3.87. The molecule has 3 nitrogen and oxygen atoms in total. The fourth-order valence-electron chi connectivity index (χ4n) is 2.18. The fourth-order valence-corrected chi connectivity index (χ4v) is 3.00. The number of nitrogens with one attached hydrogen (secondary N) is 1. The van der Waals surface area contributed by atoms with E-state index in [0.29, 0.717) is 6.04 Å². The van der Waals surface area contributed by atoms with Gasteiger partial charge in [-0.15, -0.1) is 11.3 Å². The van der Waals surface area contributed by atoms with E-state index in [-0.39, 0.29) is 6.04 Å². The summed E-state index contributed by atoms with van der Waals surface area (Å²) in [4.78, 5) is 5.60. The standard InChI is InChI=1S/C15H20N2OS/c1-10(13-6-5-7-14(8-13)18-4)17-12(3)15-11(2)16-9-19-15/h5-10,12,17H,1-4H3/t10-,12?/m1/s1. The van der Waals surface area contributed by atoms with E-state index in [1.165, 1.54) is 10.4 Å².